The maximum atomic E-state index is 12.3. The lowest BCUT2D eigenvalue weighted by atomic mass is 9.93. The number of piperidine rings is 1. The first-order valence-corrected chi connectivity index (χ1v) is 9.73. The Balaban J connectivity index is 1.71. The number of aryl methyl sites for hydroxylation is 1. The van der Waals surface area contributed by atoms with Gasteiger partial charge in [-0.05, 0) is 31.4 Å². The number of likely N-dealkylation sites (tertiary alicyclic amines) is 1. The highest BCUT2D eigenvalue weighted by Gasteiger charge is 2.26. The topological polar surface area (TPSA) is 71.0 Å². The van der Waals surface area contributed by atoms with Crippen LogP contribution in [0.15, 0.2) is 18.2 Å². The highest BCUT2D eigenvalue weighted by molar-refractivity contribution is 7.15. The molecule has 1 atom stereocenters. The van der Waals surface area contributed by atoms with Crippen LogP contribution in [0.25, 0.3) is 0 Å². The fraction of sp³-hybridized carbons (Fsp3) is 0.556. The number of anilines is 2. The number of hydrogen-bond acceptors (Lipinski definition) is 6. The van der Waals surface area contributed by atoms with Crippen LogP contribution in [-0.2, 0) is 11.2 Å². The minimum absolute atomic E-state index is 0.0462. The Morgan fingerprint density at radius 2 is 2.24 bits per heavy atom. The SMILES string of the molecule is CCc1nnc(Nc2cccc([C@@H]3CCCN(C(=O)C(C)C)C3)n2)s1. The number of nitrogens with zero attached hydrogens (tertiary/aromatic N) is 4. The average Bonchev–Trinajstić information content (AvgIpc) is 3.09. The molecule has 1 fully saturated rings. The van der Waals surface area contributed by atoms with Crippen molar-refractivity contribution in [3.63, 3.8) is 0 Å². The molecule has 0 unspecified atom stereocenters. The third-order valence-electron chi connectivity index (χ3n) is 4.42. The van der Waals surface area contributed by atoms with Gasteiger partial charge >= 0.3 is 0 Å². The lowest BCUT2D eigenvalue weighted by molar-refractivity contribution is -0.135. The highest BCUT2D eigenvalue weighted by atomic mass is 32.1. The van der Waals surface area contributed by atoms with E-state index >= 15 is 0 Å². The van der Waals surface area contributed by atoms with Gasteiger partial charge in [0, 0.05) is 30.6 Å². The maximum Gasteiger partial charge on any atom is 0.225 e. The first kappa shape index (κ1) is 17.8. The third-order valence-corrected chi connectivity index (χ3v) is 5.40. The molecular weight excluding hydrogens is 334 g/mol. The number of carbonyl (C=O) groups is 1. The second kappa shape index (κ2) is 7.91. The molecule has 1 aliphatic rings. The van der Waals surface area contributed by atoms with Crippen molar-refractivity contribution in [3.05, 3.63) is 28.9 Å². The summed E-state index contributed by atoms with van der Waals surface area (Å²) in [5.74, 6) is 1.35. The number of nitrogens with one attached hydrogen (secondary N) is 1. The van der Waals surface area contributed by atoms with Gasteiger partial charge in [0.15, 0.2) is 0 Å². The van der Waals surface area contributed by atoms with Crippen LogP contribution in [0.3, 0.4) is 0 Å². The van der Waals surface area contributed by atoms with Crippen LogP contribution in [0.4, 0.5) is 10.9 Å². The van der Waals surface area contributed by atoms with Crippen LogP contribution in [0.1, 0.15) is 50.2 Å². The van der Waals surface area contributed by atoms with E-state index in [1.807, 2.05) is 30.9 Å². The van der Waals surface area contributed by atoms with E-state index in [1.165, 1.54) is 0 Å². The van der Waals surface area contributed by atoms with Crippen molar-refractivity contribution in [1.29, 1.82) is 0 Å². The van der Waals surface area contributed by atoms with Crippen LogP contribution in [0, 0.1) is 5.92 Å². The van der Waals surface area contributed by atoms with Crippen molar-refractivity contribution in [3.8, 4) is 0 Å². The van der Waals surface area contributed by atoms with E-state index in [1.54, 1.807) is 11.3 Å². The van der Waals surface area contributed by atoms with Gasteiger partial charge in [-0.3, -0.25) is 4.79 Å². The van der Waals surface area contributed by atoms with E-state index in [0.29, 0.717) is 5.92 Å². The van der Waals surface area contributed by atoms with Crippen molar-refractivity contribution < 1.29 is 4.79 Å². The summed E-state index contributed by atoms with van der Waals surface area (Å²) in [7, 11) is 0. The van der Waals surface area contributed by atoms with Gasteiger partial charge in [-0.15, -0.1) is 10.2 Å². The molecule has 3 rings (SSSR count). The molecule has 0 radical (unpaired) electrons. The summed E-state index contributed by atoms with van der Waals surface area (Å²) in [6, 6.07) is 6.00. The van der Waals surface area contributed by atoms with Crippen molar-refractivity contribution in [1.82, 2.24) is 20.1 Å². The maximum absolute atomic E-state index is 12.3. The van der Waals surface area contributed by atoms with E-state index < -0.39 is 0 Å². The second-order valence-electron chi connectivity index (χ2n) is 6.71. The molecule has 1 amide bonds. The van der Waals surface area contributed by atoms with Gasteiger partial charge in [0.1, 0.15) is 10.8 Å². The summed E-state index contributed by atoms with van der Waals surface area (Å²) in [6.45, 7) is 7.60. The molecule has 1 aliphatic heterocycles. The number of hydrogen-bond donors (Lipinski definition) is 1. The molecule has 0 saturated carbocycles. The molecule has 0 spiro atoms. The van der Waals surface area contributed by atoms with Gasteiger partial charge in [-0.25, -0.2) is 4.98 Å². The van der Waals surface area contributed by atoms with E-state index in [-0.39, 0.29) is 11.8 Å². The summed E-state index contributed by atoms with van der Waals surface area (Å²) in [6.07, 6.45) is 2.98. The van der Waals surface area contributed by atoms with Gasteiger partial charge in [0.25, 0.3) is 0 Å². The third kappa shape index (κ3) is 4.34. The zero-order chi connectivity index (χ0) is 17.8. The van der Waals surface area contributed by atoms with Crippen LogP contribution >= 0.6 is 11.3 Å². The van der Waals surface area contributed by atoms with Crippen molar-refractivity contribution in [2.24, 2.45) is 5.92 Å². The summed E-state index contributed by atoms with van der Waals surface area (Å²) in [5.41, 5.74) is 1.03. The number of rotatable bonds is 5. The monoisotopic (exact) mass is 359 g/mol. The predicted molar refractivity (Wildman–Crippen MR) is 100 cm³/mol. The Labute approximate surface area is 152 Å². The zero-order valence-electron chi connectivity index (χ0n) is 15.0. The smallest absolute Gasteiger partial charge is 0.225 e. The fourth-order valence-corrected chi connectivity index (χ4v) is 3.78. The fourth-order valence-electron chi connectivity index (χ4n) is 3.09. The minimum atomic E-state index is 0.0462. The summed E-state index contributed by atoms with van der Waals surface area (Å²) in [5, 5.41) is 13.3. The number of amides is 1. The molecule has 2 aromatic rings. The first-order valence-electron chi connectivity index (χ1n) is 8.92. The molecule has 25 heavy (non-hydrogen) atoms. The quantitative estimate of drug-likeness (QED) is 0.883. The molecule has 0 aliphatic carbocycles. The molecule has 3 heterocycles. The summed E-state index contributed by atoms with van der Waals surface area (Å²) < 4.78 is 0. The Morgan fingerprint density at radius 1 is 1.40 bits per heavy atom. The van der Waals surface area contributed by atoms with E-state index in [4.69, 9.17) is 4.98 Å². The lowest BCUT2D eigenvalue weighted by Gasteiger charge is -2.33. The highest BCUT2D eigenvalue weighted by Crippen LogP contribution is 2.28. The Hall–Kier alpha value is -2.02. The molecule has 0 bridgehead atoms. The second-order valence-corrected chi connectivity index (χ2v) is 7.77. The van der Waals surface area contributed by atoms with Gasteiger partial charge in [0.2, 0.25) is 11.0 Å². The largest absolute Gasteiger partial charge is 0.342 e. The molecule has 2 aromatic heterocycles. The minimum Gasteiger partial charge on any atom is -0.342 e. The van der Waals surface area contributed by atoms with Crippen molar-refractivity contribution in [2.45, 2.75) is 46.0 Å². The van der Waals surface area contributed by atoms with Crippen molar-refractivity contribution >= 4 is 28.2 Å². The summed E-state index contributed by atoms with van der Waals surface area (Å²) >= 11 is 1.55. The van der Waals surface area contributed by atoms with Gasteiger partial charge in [-0.2, -0.15) is 0 Å². The molecule has 134 valence electrons. The first-order chi connectivity index (χ1) is 12.1. The molecule has 0 aromatic carbocycles. The number of aromatic nitrogens is 3. The lowest BCUT2D eigenvalue weighted by Crippen LogP contribution is -2.41. The van der Waals surface area contributed by atoms with Gasteiger partial charge in [0.05, 0.1) is 0 Å². The standard InChI is InChI=1S/C18H25N5OS/c1-4-16-21-22-18(25-16)20-15-9-5-8-14(19-15)13-7-6-10-23(11-13)17(24)12(2)3/h5,8-9,12-13H,4,6-7,10-11H2,1-3H3,(H,19,20,22)/t13-/m1/s1. The molecule has 7 heteroatoms. The predicted octanol–water partition coefficient (Wildman–Crippen LogP) is 3.60. The van der Waals surface area contributed by atoms with Crippen LogP contribution in [0.5, 0.6) is 0 Å². The van der Waals surface area contributed by atoms with Crippen molar-refractivity contribution in [2.75, 3.05) is 18.4 Å². The normalized spacial score (nSPS) is 17.8. The average molecular weight is 359 g/mol. The van der Waals surface area contributed by atoms with Crippen LogP contribution in [-0.4, -0.2) is 39.1 Å². The van der Waals surface area contributed by atoms with E-state index in [0.717, 1.165) is 54.0 Å². The van der Waals surface area contributed by atoms with Gasteiger partial charge < -0.3 is 10.2 Å². The van der Waals surface area contributed by atoms with Crippen LogP contribution < -0.4 is 5.32 Å². The number of carbonyl (C=O) groups excluding carboxylic acids is 1. The van der Waals surface area contributed by atoms with Crippen LogP contribution in [0.2, 0.25) is 0 Å². The van der Waals surface area contributed by atoms with E-state index in [9.17, 15) is 4.79 Å². The zero-order valence-corrected chi connectivity index (χ0v) is 15.8. The van der Waals surface area contributed by atoms with Gasteiger partial charge in [-0.1, -0.05) is 38.2 Å². The Morgan fingerprint density at radius 3 is 2.96 bits per heavy atom. The molecular formula is C18H25N5OS. The molecule has 1 N–H and O–H groups in total. The molecule has 1 saturated heterocycles. The Kier molecular flexibility index (Phi) is 5.63. The summed E-state index contributed by atoms with van der Waals surface area (Å²) in [4.78, 5) is 19.0. The molecule has 6 nitrogen and oxygen atoms in total. The van der Waals surface area contributed by atoms with E-state index in [2.05, 4.69) is 28.5 Å². The Bertz CT molecular complexity index is 730. The number of pyridine rings is 1.